The first kappa shape index (κ1) is 15.8. The topological polar surface area (TPSA) is 110 Å². The highest BCUT2D eigenvalue weighted by molar-refractivity contribution is 5.95. The number of nitrogens with two attached hydrogens (primary N) is 1. The molecule has 1 saturated heterocycles. The number of carboxylic acids is 1. The van der Waals surface area contributed by atoms with E-state index in [-0.39, 0.29) is 19.1 Å². The Balaban J connectivity index is 2.09. The second kappa shape index (κ2) is 6.05. The molecule has 3 N–H and O–H groups in total. The van der Waals surface area contributed by atoms with Gasteiger partial charge < -0.3 is 20.5 Å². The van der Waals surface area contributed by atoms with E-state index >= 15 is 0 Å². The zero-order valence-corrected chi connectivity index (χ0v) is 12.2. The fraction of sp³-hybridized carbons (Fsp3) is 0.400. The van der Waals surface area contributed by atoms with Crippen LogP contribution < -0.4 is 10.5 Å². The summed E-state index contributed by atoms with van der Waals surface area (Å²) in [7, 11) is 0. The molecule has 2 rings (SSSR count). The van der Waals surface area contributed by atoms with Gasteiger partial charge in [0.2, 0.25) is 0 Å². The second-order valence-corrected chi connectivity index (χ2v) is 5.63. The first-order valence-corrected chi connectivity index (χ1v) is 6.86. The number of ether oxygens (including phenoxy) is 1. The third-order valence-electron chi connectivity index (χ3n) is 3.74. The van der Waals surface area contributed by atoms with Gasteiger partial charge in [0.15, 0.2) is 6.61 Å². The van der Waals surface area contributed by atoms with Crippen molar-refractivity contribution in [1.82, 2.24) is 4.90 Å². The van der Waals surface area contributed by atoms with Gasteiger partial charge in [0, 0.05) is 18.7 Å². The normalized spacial score (nSPS) is 20.7. The zero-order chi connectivity index (χ0) is 16.3. The summed E-state index contributed by atoms with van der Waals surface area (Å²) >= 11 is 0. The van der Waals surface area contributed by atoms with Gasteiger partial charge in [0.05, 0.1) is 5.41 Å². The Morgan fingerprint density at radius 2 is 2.14 bits per heavy atom. The van der Waals surface area contributed by atoms with Gasteiger partial charge in [0.25, 0.3) is 11.8 Å². The maximum atomic E-state index is 12.4. The van der Waals surface area contributed by atoms with Crippen molar-refractivity contribution < 1.29 is 24.2 Å². The van der Waals surface area contributed by atoms with E-state index in [1.165, 1.54) is 11.0 Å². The number of benzene rings is 1. The van der Waals surface area contributed by atoms with Gasteiger partial charge in [-0.1, -0.05) is 6.07 Å². The van der Waals surface area contributed by atoms with Crippen molar-refractivity contribution in [3.63, 3.8) is 0 Å². The lowest BCUT2D eigenvalue weighted by atomic mass is 9.90. The van der Waals surface area contributed by atoms with Gasteiger partial charge in [-0.15, -0.1) is 0 Å². The van der Waals surface area contributed by atoms with Crippen molar-refractivity contribution in [2.24, 2.45) is 11.1 Å². The minimum atomic E-state index is -0.907. The molecule has 1 heterocycles. The average Bonchev–Trinajstić information content (AvgIpc) is 2.88. The van der Waals surface area contributed by atoms with Gasteiger partial charge in [0.1, 0.15) is 5.75 Å². The lowest BCUT2D eigenvalue weighted by molar-refractivity contribution is -0.147. The summed E-state index contributed by atoms with van der Waals surface area (Å²) in [6.45, 7) is 1.94. The highest BCUT2D eigenvalue weighted by Crippen LogP contribution is 2.31. The summed E-state index contributed by atoms with van der Waals surface area (Å²) in [5, 5.41) is 9.21. The van der Waals surface area contributed by atoms with E-state index in [1.54, 1.807) is 25.1 Å². The van der Waals surface area contributed by atoms with Crippen molar-refractivity contribution in [2.75, 3.05) is 19.7 Å². The first-order chi connectivity index (χ1) is 10.3. The molecule has 0 radical (unpaired) electrons. The monoisotopic (exact) mass is 306 g/mol. The molecule has 0 aromatic heterocycles. The van der Waals surface area contributed by atoms with Crippen molar-refractivity contribution in [1.29, 1.82) is 0 Å². The van der Waals surface area contributed by atoms with Crippen LogP contribution in [-0.2, 0) is 9.59 Å². The molecule has 1 unspecified atom stereocenters. The third-order valence-corrected chi connectivity index (χ3v) is 3.74. The smallest absolute Gasteiger partial charge is 0.311 e. The van der Waals surface area contributed by atoms with E-state index in [2.05, 4.69) is 0 Å². The predicted molar refractivity (Wildman–Crippen MR) is 77.4 cm³/mol. The summed E-state index contributed by atoms with van der Waals surface area (Å²) in [6.07, 6.45) is 0.423. The van der Waals surface area contributed by atoms with Crippen molar-refractivity contribution >= 4 is 17.8 Å². The quantitative estimate of drug-likeness (QED) is 0.822. The van der Waals surface area contributed by atoms with Gasteiger partial charge in [-0.05, 0) is 31.5 Å². The number of carbonyl (C=O) groups excluding carboxylic acids is 2. The lowest BCUT2D eigenvalue weighted by Crippen LogP contribution is -2.34. The highest BCUT2D eigenvalue weighted by atomic mass is 16.5. The Bertz CT molecular complexity index is 616. The molecule has 1 fully saturated rings. The molecule has 1 atom stereocenters. The van der Waals surface area contributed by atoms with E-state index in [0.717, 1.165) is 0 Å². The van der Waals surface area contributed by atoms with Crippen molar-refractivity contribution in [3.8, 4) is 5.75 Å². The Kier molecular flexibility index (Phi) is 4.35. The maximum Gasteiger partial charge on any atom is 0.311 e. The molecular weight excluding hydrogens is 288 g/mol. The molecule has 2 amide bonds. The summed E-state index contributed by atoms with van der Waals surface area (Å²) in [6, 6.07) is 6.39. The van der Waals surface area contributed by atoms with Gasteiger partial charge in [-0.3, -0.25) is 14.4 Å². The van der Waals surface area contributed by atoms with E-state index < -0.39 is 17.3 Å². The van der Waals surface area contributed by atoms with E-state index in [4.69, 9.17) is 10.5 Å². The third kappa shape index (κ3) is 3.36. The minimum absolute atomic E-state index is 0.174. The van der Waals surface area contributed by atoms with Crippen LogP contribution >= 0.6 is 0 Å². The molecule has 118 valence electrons. The Labute approximate surface area is 127 Å². The number of likely N-dealkylation sites (tertiary alicyclic amines) is 1. The van der Waals surface area contributed by atoms with Gasteiger partial charge in [-0.2, -0.15) is 0 Å². The zero-order valence-electron chi connectivity index (χ0n) is 12.2. The van der Waals surface area contributed by atoms with Crippen molar-refractivity contribution in [2.45, 2.75) is 13.3 Å². The van der Waals surface area contributed by atoms with E-state index in [0.29, 0.717) is 24.3 Å². The Morgan fingerprint density at radius 3 is 2.73 bits per heavy atom. The number of aliphatic carboxylic acids is 1. The van der Waals surface area contributed by atoms with Crippen LogP contribution in [0.15, 0.2) is 24.3 Å². The van der Waals surface area contributed by atoms with Crippen LogP contribution in [0.5, 0.6) is 5.75 Å². The van der Waals surface area contributed by atoms with E-state index in [1.807, 2.05) is 0 Å². The van der Waals surface area contributed by atoms with E-state index in [9.17, 15) is 19.5 Å². The molecule has 1 aliphatic heterocycles. The molecular formula is C15H18N2O5. The average molecular weight is 306 g/mol. The van der Waals surface area contributed by atoms with Crippen LogP contribution in [-0.4, -0.2) is 47.5 Å². The number of carbonyl (C=O) groups is 3. The van der Waals surface area contributed by atoms with Crippen LogP contribution in [0.3, 0.4) is 0 Å². The molecule has 22 heavy (non-hydrogen) atoms. The summed E-state index contributed by atoms with van der Waals surface area (Å²) in [5.41, 5.74) is 4.48. The van der Waals surface area contributed by atoms with Crippen LogP contribution in [0, 0.1) is 5.41 Å². The van der Waals surface area contributed by atoms with Gasteiger partial charge in [-0.25, -0.2) is 0 Å². The Hall–Kier alpha value is -2.57. The number of nitrogens with zero attached hydrogens (tertiary/aromatic N) is 1. The molecule has 1 aromatic rings. The molecule has 7 nitrogen and oxygen atoms in total. The number of amides is 2. The summed E-state index contributed by atoms with van der Waals surface area (Å²) in [5.74, 6) is -1.39. The molecule has 1 aliphatic rings. The van der Waals surface area contributed by atoms with Gasteiger partial charge >= 0.3 is 5.97 Å². The SMILES string of the molecule is CC1(C(=O)O)CCN(C(=O)c2cccc(OCC(N)=O)c2)C1. The fourth-order valence-corrected chi connectivity index (χ4v) is 2.36. The summed E-state index contributed by atoms with van der Waals surface area (Å²) in [4.78, 5) is 35.9. The minimum Gasteiger partial charge on any atom is -0.484 e. The van der Waals surface area contributed by atoms with Crippen molar-refractivity contribution in [3.05, 3.63) is 29.8 Å². The molecule has 7 heteroatoms. The highest BCUT2D eigenvalue weighted by Gasteiger charge is 2.42. The second-order valence-electron chi connectivity index (χ2n) is 5.63. The predicted octanol–water partition coefficient (Wildman–Crippen LogP) is 0.488. The fourth-order valence-electron chi connectivity index (χ4n) is 2.36. The van der Waals surface area contributed by atoms with Crippen LogP contribution in [0.1, 0.15) is 23.7 Å². The Morgan fingerprint density at radius 1 is 1.41 bits per heavy atom. The number of rotatable bonds is 5. The molecule has 0 aliphatic carbocycles. The lowest BCUT2D eigenvalue weighted by Gasteiger charge is -2.20. The number of hydrogen-bond acceptors (Lipinski definition) is 4. The molecule has 0 saturated carbocycles. The number of hydrogen-bond donors (Lipinski definition) is 2. The van der Waals surface area contributed by atoms with Crippen LogP contribution in [0.25, 0.3) is 0 Å². The molecule has 0 bridgehead atoms. The summed E-state index contributed by atoms with van der Waals surface area (Å²) < 4.78 is 5.16. The molecule has 0 spiro atoms. The maximum absolute atomic E-state index is 12.4. The van der Waals surface area contributed by atoms with Crippen LogP contribution in [0.4, 0.5) is 0 Å². The number of primary amides is 1. The first-order valence-electron chi connectivity index (χ1n) is 6.86. The standard InChI is InChI=1S/C15H18N2O5/c1-15(14(20)21)5-6-17(9-15)13(19)10-3-2-4-11(7-10)22-8-12(16)18/h2-4,7H,5-6,8-9H2,1H3,(H2,16,18)(H,20,21). The number of carboxylic acid groups (broad SMARTS) is 1. The largest absolute Gasteiger partial charge is 0.484 e. The van der Waals surface area contributed by atoms with Crippen LogP contribution in [0.2, 0.25) is 0 Å². The molecule has 1 aromatic carbocycles.